The van der Waals surface area contributed by atoms with Gasteiger partial charge in [0, 0.05) is 6.07 Å². The number of carboxylic acid groups (broad SMARTS) is 1. The molecule has 0 fully saturated rings. The highest BCUT2D eigenvalue weighted by atomic mass is 19.4. The van der Waals surface area contributed by atoms with Gasteiger partial charge in [-0.3, -0.25) is 10.1 Å². The summed E-state index contributed by atoms with van der Waals surface area (Å²) >= 11 is 0. The zero-order valence-corrected chi connectivity index (χ0v) is 10.5. The molecule has 21 heavy (non-hydrogen) atoms. The van der Waals surface area contributed by atoms with Crippen LogP contribution in [-0.4, -0.2) is 33.3 Å². The van der Waals surface area contributed by atoms with E-state index in [9.17, 15) is 33.2 Å². The number of carbonyl (C=O) groups is 1. The number of rotatable bonds is 5. The minimum atomic E-state index is -4.77. The van der Waals surface area contributed by atoms with Gasteiger partial charge in [0.2, 0.25) is 0 Å². The van der Waals surface area contributed by atoms with E-state index in [4.69, 9.17) is 9.84 Å². The van der Waals surface area contributed by atoms with E-state index in [1.54, 1.807) is 0 Å². The Hall–Kier alpha value is -2.36. The van der Waals surface area contributed by atoms with Crippen LogP contribution >= 0.6 is 0 Å². The highest BCUT2D eigenvalue weighted by Crippen LogP contribution is 2.36. The lowest BCUT2D eigenvalue weighted by atomic mass is 10.1. The van der Waals surface area contributed by atoms with Gasteiger partial charge in [0.1, 0.15) is 6.61 Å². The van der Waals surface area contributed by atoms with Crippen LogP contribution in [0.25, 0.3) is 0 Å². The van der Waals surface area contributed by atoms with Gasteiger partial charge in [0.15, 0.2) is 11.4 Å². The molecule has 0 aliphatic heterocycles. The molecule has 0 aliphatic rings. The molecular weight excluding hydrogens is 299 g/mol. The van der Waals surface area contributed by atoms with Gasteiger partial charge in [-0.25, -0.2) is 4.79 Å². The summed E-state index contributed by atoms with van der Waals surface area (Å²) in [4.78, 5) is 20.3. The molecule has 0 amide bonds. The van der Waals surface area contributed by atoms with Crippen LogP contribution in [0.1, 0.15) is 12.5 Å². The first-order valence-corrected chi connectivity index (χ1v) is 5.39. The van der Waals surface area contributed by atoms with Crippen LogP contribution in [0, 0.1) is 10.1 Å². The first kappa shape index (κ1) is 16.7. The number of nitro groups is 1. The number of hydrogen-bond donors (Lipinski definition) is 2. The van der Waals surface area contributed by atoms with E-state index in [0.29, 0.717) is 12.1 Å². The van der Waals surface area contributed by atoms with Crippen molar-refractivity contribution in [2.75, 3.05) is 6.61 Å². The topological polar surface area (TPSA) is 110 Å². The Balaban J connectivity index is 3.09. The molecule has 1 aromatic carbocycles. The van der Waals surface area contributed by atoms with E-state index in [0.717, 1.165) is 6.92 Å². The molecule has 0 spiro atoms. The Bertz CT molecular complexity index is 570. The highest BCUT2D eigenvalue weighted by Gasteiger charge is 2.35. The summed E-state index contributed by atoms with van der Waals surface area (Å²) in [6, 6.07) is 1.52. The number of hydrogen-bond acceptors (Lipinski definition) is 5. The van der Waals surface area contributed by atoms with E-state index >= 15 is 0 Å². The van der Waals surface area contributed by atoms with Crippen LogP contribution in [-0.2, 0) is 11.0 Å². The maximum atomic E-state index is 12.5. The Morgan fingerprint density at radius 2 is 2.00 bits per heavy atom. The molecule has 1 rings (SSSR count). The quantitative estimate of drug-likeness (QED) is 0.634. The van der Waals surface area contributed by atoms with Gasteiger partial charge in [-0.05, 0) is 19.1 Å². The van der Waals surface area contributed by atoms with Crippen molar-refractivity contribution in [3.8, 4) is 5.75 Å². The van der Waals surface area contributed by atoms with Crippen molar-refractivity contribution in [2.24, 2.45) is 0 Å². The monoisotopic (exact) mass is 309 g/mol. The number of nitrogens with zero attached hydrogens (tertiary/aromatic N) is 1. The standard InChI is InChI=1S/C11H10F3NO6/c1-10(18,9(16)17)5-21-8-3-2-6(11(12,13)14)4-7(8)15(19)20/h2-4,18H,5H2,1H3,(H,16,17). The van der Waals surface area contributed by atoms with Gasteiger partial charge in [-0.1, -0.05) is 0 Å². The molecule has 0 bridgehead atoms. The summed E-state index contributed by atoms with van der Waals surface area (Å²) in [7, 11) is 0. The van der Waals surface area contributed by atoms with Crippen molar-refractivity contribution < 1.29 is 37.8 Å². The molecule has 1 unspecified atom stereocenters. The van der Waals surface area contributed by atoms with Crippen molar-refractivity contribution in [1.82, 2.24) is 0 Å². The molecule has 0 aromatic heterocycles. The smallest absolute Gasteiger partial charge is 0.416 e. The Labute approximate surface area is 115 Å². The van der Waals surface area contributed by atoms with E-state index in [1.165, 1.54) is 0 Å². The molecule has 2 N–H and O–H groups in total. The maximum absolute atomic E-state index is 12.5. The van der Waals surface area contributed by atoms with Crippen LogP contribution in [0.5, 0.6) is 5.75 Å². The minimum absolute atomic E-state index is 0.269. The van der Waals surface area contributed by atoms with E-state index in [1.807, 2.05) is 0 Å². The van der Waals surface area contributed by atoms with Gasteiger partial charge >= 0.3 is 17.8 Å². The summed E-state index contributed by atoms with van der Waals surface area (Å²) in [6.07, 6.45) is -4.77. The molecule has 116 valence electrons. The third kappa shape index (κ3) is 4.05. The summed E-state index contributed by atoms with van der Waals surface area (Å²) in [5.74, 6) is -2.22. The van der Waals surface area contributed by atoms with Gasteiger partial charge in [0.05, 0.1) is 10.5 Å². The highest BCUT2D eigenvalue weighted by molar-refractivity contribution is 5.76. The van der Waals surface area contributed by atoms with Crippen molar-refractivity contribution in [1.29, 1.82) is 0 Å². The number of aliphatic hydroxyl groups is 1. The van der Waals surface area contributed by atoms with Crippen LogP contribution in [0.15, 0.2) is 18.2 Å². The number of alkyl halides is 3. The lowest BCUT2D eigenvalue weighted by molar-refractivity contribution is -0.386. The second-order valence-electron chi connectivity index (χ2n) is 4.31. The average Bonchev–Trinajstić information content (AvgIpc) is 2.34. The summed E-state index contributed by atoms with van der Waals surface area (Å²) in [5.41, 5.74) is -4.56. The number of aliphatic carboxylic acids is 1. The molecule has 0 heterocycles. The molecule has 7 nitrogen and oxygen atoms in total. The van der Waals surface area contributed by atoms with Crippen molar-refractivity contribution in [3.05, 3.63) is 33.9 Å². The van der Waals surface area contributed by atoms with Gasteiger partial charge < -0.3 is 14.9 Å². The molecule has 1 aromatic rings. The first-order valence-electron chi connectivity index (χ1n) is 5.39. The number of carboxylic acids is 1. The third-order valence-electron chi connectivity index (χ3n) is 2.45. The Morgan fingerprint density at radius 3 is 2.43 bits per heavy atom. The second kappa shape index (κ2) is 5.56. The number of nitro benzene ring substituents is 1. The summed E-state index contributed by atoms with van der Waals surface area (Å²) < 4.78 is 42.1. The first-order chi connectivity index (χ1) is 9.45. The third-order valence-corrected chi connectivity index (χ3v) is 2.45. The Kier molecular flexibility index (Phi) is 4.42. The fourth-order valence-corrected chi connectivity index (χ4v) is 1.24. The van der Waals surface area contributed by atoms with E-state index in [2.05, 4.69) is 0 Å². The normalized spacial score (nSPS) is 14.3. The van der Waals surface area contributed by atoms with Crippen LogP contribution in [0.3, 0.4) is 0 Å². The lowest BCUT2D eigenvalue weighted by Crippen LogP contribution is -2.41. The lowest BCUT2D eigenvalue weighted by Gasteiger charge is -2.18. The van der Waals surface area contributed by atoms with Crippen LogP contribution < -0.4 is 4.74 Å². The average molecular weight is 309 g/mol. The van der Waals surface area contributed by atoms with Crippen LogP contribution in [0.2, 0.25) is 0 Å². The van der Waals surface area contributed by atoms with Gasteiger partial charge in [-0.15, -0.1) is 0 Å². The minimum Gasteiger partial charge on any atom is -0.483 e. The second-order valence-corrected chi connectivity index (χ2v) is 4.31. The van der Waals surface area contributed by atoms with Crippen LogP contribution in [0.4, 0.5) is 18.9 Å². The fraction of sp³-hybridized carbons (Fsp3) is 0.364. The van der Waals surface area contributed by atoms with Crippen molar-refractivity contribution >= 4 is 11.7 Å². The predicted octanol–water partition coefficient (Wildman–Crippen LogP) is 1.83. The predicted molar refractivity (Wildman–Crippen MR) is 61.9 cm³/mol. The molecular formula is C11H10F3NO6. The number of benzene rings is 1. The SMILES string of the molecule is CC(O)(COc1ccc(C(F)(F)F)cc1[N+](=O)[O-])C(=O)O. The fourth-order valence-electron chi connectivity index (χ4n) is 1.24. The van der Waals surface area contributed by atoms with Gasteiger partial charge in [0.25, 0.3) is 0 Å². The number of halogens is 3. The van der Waals surface area contributed by atoms with Gasteiger partial charge in [-0.2, -0.15) is 13.2 Å². The molecule has 10 heteroatoms. The molecule has 0 saturated heterocycles. The molecule has 0 aliphatic carbocycles. The van der Waals surface area contributed by atoms with Crippen molar-refractivity contribution in [2.45, 2.75) is 18.7 Å². The zero-order valence-electron chi connectivity index (χ0n) is 10.5. The molecule has 0 saturated carbocycles. The van der Waals surface area contributed by atoms with E-state index in [-0.39, 0.29) is 6.07 Å². The summed E-state index contributed by atoms with van der Waals surface area (Å²) in [5, 5.41) is 28.8. The largest absolute Gasteiger partial charge is 0.483 e. The summed E-state index contributed by atoms with van der Waals surface area (Å²) in [6.45, 7) is 0.0137. The van der Waals surface area contributed by atoms with Crippen molar-refractivity contribution in [3.63, 3.8) is 0 Å². The Morgan fingerprint density at radius 1 is 1.43 bits per heavy atom. The number of ether oxygens (including phenoxy) is 1. The molecule has 1 atom stereocenters. The van der Waals surface area contributed by atoms with E-state index < -0.39 is 46.3 Å². The maximum Gasteiger partial charge on any atom is 0.416 e. The zero-order chi connectivity index (χ0) is 16.4. The molecule has 0 radical (unpaired) electrons.